The highest BCUT2D eigenvalue weighted by atomic mass is 31.2. The van der Waals surface area contributed by atoms with E-state index >= 15 is 4.57 Å². The summed E-state index contributed by atoms with van der Waals surface area (Å²) in [5.41, 5.74) is 15.1. The Hall–Kier alpha value is -9.01. The Bertz CT molecular complexity index is 4140. The van der Waals surface area contributed by atoms with Gasteiger partial charge in [0.2, 0.25) is 0 Å². The molecule has 13 aromatic rings. The van der Waals surface area contributed by atoms with Crippen LogP contribution in [0.5, 0.6) is 0 Å². The smallest absolute Gasteiger partial charge is 0.171 e. The highest BCUT2D eigenvalue weighted by molar-refractivity contribution is 7.85. The molecule has 0 amide bonds. The quantitative estimate of drug-likeness (QED) is 0.0823. The Balaban J connectivity index is 1.04. The third-order valence-electron chi connectivity index (χ3n) is 14.2. The summed E-state index contributed by atoms with van der Waals surface area (Å²) in [6, 6.07) is 93.7. The molecule has 72 heavy (non-hydrogen) atoms. The van der Waals surface area contributed by atoms with E-state index in [0.717, 1.165) is 104 Å². The zero-order valence-electron chi connectivity index (χ0n) is 39.2. The van der Waals surface area contributed by atoms with Crippen molar-refractivity contribution in [2.45, 2.75) is 0 Å². The lowest BCUT2D eigenvalue weighted by Gasteiger charge is -2.21. The van der Waals surface area contributed by atoms with Crippen LogP contribution in [-0.4, -0.2) is 9.97 Å². The molecule has 0 aliphatic carbocycles. The maximum absolute atomic E-state index is 15.4. The van der Waals surface area contributed by atoms with Crippen molar-refractivity contribution in [2.75, 3.05) is 0 Å². The molecule has 4 heteroatoms. The number of hydrogen-bond acceptors (Lipinski definition) is 3. The Morgan fingerprint density at radius 1 is 0.278 bits per heavy atom. The number of hydrogen-bond donors (Lipinski definition) is 0. The van der Waals surface area contributed by atoms with E-state index in [1.807, 2.05) is 72.9 Å². The van der Waals surface area contributed by atoms with E-state index in [-0.39, 0.29) is 0 Å². The molecule has 13 rings (SSSR count). The van der Waals surface area contributed by atoms with Crippen molar-refractivity contribution in [1.82, 2.24) is 9.97 Å². The first-order valence-electron chi connectivity index (χ1n) is 24.4. The molecule has 3 nitrogen and oxygen atoms in total. The van der Waals surface area contributed by atoms with Crippen molar-refractivity contribution in [3.05, 3.63) is 273 Å². The van der Waals surface area contributed by atoms with Gasteiger partial charge in [-0.05, 0) is 101 Å². The van der Waals surface area contributed by atoms with Crippen molar-refractivity contribution in [1.29, 1.82) is 0 Å². The minimum absolute atomic E-state index is 0.803. The second-order valence-corrected chi connectivity index (χ2v) is 21.2. The van der Waals surface area contributed by atoms with Crippen molar-refractivity contribution in [2.24, 2.45) is 0 Å². The third kappa shape index (κ3) is 7.60. The number of aromatic nitrogens is 2. The summed E-state index contributed by atoms with van der Waals surface area (Å²) < 4.78 is 15.4. The fraction of sp³-hybridized carbons (Fsp3) is 0. The van der Waals surface area contributed by atoms with E-state index in [4.69, 9.17) is 9.97 Å². The molecule has 0 fully saturated rings. The number of nitrogens with zero attached hydrogens (tertiary/aromatic N) is 2. The minimum Gasteiger partial charge on any atom is -0.309 e. The van der Waals surface area contributed by atoms with E-state index in [0.29, 0.717) is 0 Å². The Kier molecular flexibility index (Phi) is 10.8. The Labute approximate surface area is 418 Å². The molecule has 0 bridgehead atoms. The summed E-state index contributed by atoms with van der Waals surface area (Å²) in [7, 11) is -3.15. The SMILES string of the molecule is O=P(c1ccccc1)(c1ccccc1)c1ccc(-c2ccc3c(-c4ccc(-c5ccccc5)cc4)c4cc(-c5ccc6ccc7cccnc7c6n5)ccc4c(-c4ccc(-c5ccccc5)cc4)c3c2)cc1. The molecule has 0 spiro atoms. The molecular weight excluding hydrogens is 892 g/mol. The highest BCUT2D eigenvalue weighted by Gasteiger charge is 2.29. The van der Waals surface area contributed by atoms with Crippen LogP contribution in [0.3, 0.4) is 0 Å². The number of benzene rings is 11. The molecule has 0 aliphatic heterocycles. The molecular formula is C68H45N2OP. The first-order chi connectivity index (χ1) is 35.6. The Morgan fingerprint density at radius 2 is 0.667 bits per heavy atom. The van der Waals surface area contributed by atoms with Gasteiger partial charge in [0.1, 0.15) is 0 Å². The molecule has 0 N–H and O–H groups in total. The standard InChI is InChI=1S/C68H45N2OP/c71-72(57-19-9-3-10-20-57,58-21-11-4-12-22-58)59-38-33-50(34-39-59)55-35-40-60-62(44-55)65(51-27-23-48(24-28-51)46-14-5-1-6-15-46)61-41-36-56(64-42-37-54-32-31-53-18-13-43-69-67(53)68(54)70-64)45-63(61)66(60)52-29-25-49(26-30-52)47-16-7-2-8-17-47/h1-45H. The lowest BCUT2D eigenvalue weighted by Crippen LogP contribution is -2.24. The summed E-state index contributed by atoms with van der Waals surface area (Å²) >= 11 is 0. The van der Waals surface area contributed by atoms with E-state index in [1.165, 1.54) is 22.3 Å². The van der Waals surface area contributed by atoms with Crippen LogP contribution < -0.4 is 15.9 Å². The minimum atomic E-state index is -3.15. The predicted octanol–water partition coefficient (Wildman–Crippen LogP) is 16.7. The first-order valence-corrected chi connectivity index (χ1v) is 26.1. The van der Waals surface area contributed by atoms with Crippen molar-refractivity contribution in [3.63, 3.8) is 0 Å². The fourth-order valence-electron chi connectivity index (χ4n) is 10.6. The maximum Gasteiger partial charge on any atom is 0.171 e. The average Bonchev–Trinajstić information content (AvgIpc) is 3.47. The monoisotopic (exact) mass is 936 g/mol. The van der Waals surface area contributed by atoms with Gasteiger partial charge in [-0.2, -0.15) is 0 Å². The Morgan fingerprint density at radius 3 is 1.21 bits per heavy atom. The number of rotatable bonds is 9. The van der Waals surface area contributed by atoms with E-state index < -0.39 is 7.14 Å². The van der Waals surface area contributed by atoms with Crippen LogP contribution in [0.15, 0.2) is 273 Å². The van der Waals surface area contributed by atoms with Crippen LogP contribution in [0.1, 0.15) is 0 Å². The maximum atomic E-state index is 15.4. The summed E-state index contributed by atoms with van der Waals surface area (Å²) in [4.78, 5) is 10.1. The lowest BCUT2D eigenvalue weighted by molar-refractivity contribution is 0.592. The molecule has 2 heterocycles. The van der Waals surface area contributed by atoms with Gasteiger partial charge in [-0.15, -0.1) is 0 Å². The summed E-state index contributed by atoms with van der Waals surface area (Å²) in [5.74, 6) is 0. The molecule has 11 aromatic carbocycles. The molecule has 0 saturated carbocycles. The van der Waals surface area contributed by atoms with E-state index in [1.54, 1.807) is 0 Å². The molecule has 0 unspecified atom stereocenters. The van der Waals surface area contributed by atoms with Gasteiger partial charge in [0, 0.05) is 38.4 Å². The van der Waals surface area contributed by atoms with Gasteiger partial charge >= 0.3 is 0 Å². The number of pyridine rings is 2. The van der Waals surface area contributed by atoms with Crippen molar-refractivity contribution < 1.29 is 4.57 Å². The molecule has 0 saturated heterocycles. The largest absolute Gasteiger partial charge is 0.309 e. The topological polar surface area (TPSA) is 42.9 Å². The second kappa shape index (κ2) is 18.1. The summed E-state index contributed by atoms with van der Waals surface area (Å²) in [6.45, 7) is 0. The highest BCUT2D eigenvalue weighted by Crippen LogP contribution is 2.47. The summed E-state index contributed by atoms with van der Waals surface area (Å²) in [6.07, 6.45) is 1.84. The van der Waals surface area contributed by atoms with Gasteiger partial charge in [-0.25, -0.2) is 4.98 Å². The normalized spacial score (nSPS) is 11.7. The number of fused-ring (bicyclic) bond motifs is 5. The van der Waals surface area contributed by atoms with E-state index in [2.05, 4.69) is 200 Å². The van der Waals surface area contributed by atoms with Gasteiger partial charge in [0.25, 0.3) is 0 Å². The molecule has 0 radical (unpaired) electrons. The van der Waals surface area contributed by atoms with Gasteiger partial charge in [0.15, 0.2) is 7.14 Å². The van der Waals surface area contributed by atoms with Crippen LogP contribution >= 0.6 is 7.14 Å². The molecule has 2 aromatic heterocycles. The fourth-order valence-corrected chi connectivity index (χ4v) is 13.2. The van der Waals surface area contributed by atoms with Crippen LogP contribution in [0.4, 0.5) is 0 Å². The molecule has 338 valence electrons. The molecule has 0 atom stereocenters. The van der Waals surface area contributed by atoms with Crippen molar-refractivity contribution >= 4 is 66.4 Å². The average molecular weight is 937 g/mol. The van der Waals surface area contributed by atoms with Crippen LogP contribution in [0.2, 0.25) is 0 Å². The predicted molar refractivity (Wildman–Crippen MR) is 304 cm³/mol. The lowest BCUT2D eigenvalue weighted by atomic mass is 9.83. The first kappa shape index (κ1) is 43.0. The zero-order chi connectivity index (χ0) is 48.0. The van der Waals surface area contributed by atoms with Gasteiger partial charge in [0.05, 0.1) is 16.7 Å². The molecule has 0 aliphatic rings. The van der Waals surface area contributed by atoms with Crippen LogP contribution in [-0.2, 0) is 4.57 Å². The van der Waals surface area contributed by atoms with Crippen molar-refractivity contribution in [3.8, 4) is 66.9 Å². The second-order valence-electron chi connectivity index (χ2n) is 18.4. The van der Waals surface area contributed by atoms with Gasteiger partial charge in [-0.3, -0.25) is 4.98 Å². The summed E-state index contributed by atoms with van der Waals surface area (Å²) in [5, 5.41) is 9.15. The van der Waals surface area contributed by atoms with Crippen LogP contribution in [0, 0.1) is 0 Å². The zero-order valence-corrected chi connectivity index (χ0v) is 40.1. The van der Waals surface area contributed by atoms with Gasteiger partial charge < -0.3 is 4.57 Å². The third-order valence-corrected chi connectivity index (χ3v) is 17.3. The van der Waals surface area contributed by atoms with Gasteiger partial charge in [-0.1, -0.05) is 243 Å². The van der Waals surface area contributed by atoms with E-state index in [9.17, 15) is 0 Å². The van der Waals surface area contributed by atoms with Crippen LogP contribution in [0.25, 0.3) is 110 Å².